The lowest BCUT2D eigenvalue weighted by Gasteiger charge is -2.02. The molecule has 0 aliphatic rings. The molecule has 1 unspecified atom stereocenters. The Morgan fingerprint density at radius 3 is 2.64 bits per heavy atom. The standard InChI is InChI=1S/C8H12N2O/c9-8(11)2-1-7-3-5-10-6-4-7/h3-6,8,11H,1-2,9H2. The fourth-order valence-electron chi connectivity index (χ4n) is 0.864. The first-order valence-corrected chi connectivity index (χ1v) is 3.61. The molecule has 3 nitrogen and oxygen atoms in total. The first-order chi connectivity index (χ1) is 5.29. The van der Waals surface area contributed by atoms with Crippen molar-refractivity contribution < 1.29 is 5.11 Å². The monoisotopic (exact) mass is 152 g/mol. The van der Waals surface area contributed by atoms with E-state index in [-0.39, 0.29) is 0 Å². The van der Waals surface area contributed by atoms with Gasteiger partial charge in [-0.3, -0.25) is 4.98 Å². The summed E-state index contributed by atoms with van der Waals surface area (Å²) >= 11 is 0. The largest absolute Gasteiger partial charge is 0.379 e. The molecule has 0 radical (unpaired) electrons. The van der Waals surface area contributed by atoms with Crippen LogP contribution in [0.25, 0.3) is 0 Å². The summed E-state index contributed by atoms with van der Waals surface area (Å²) in [7, 11) is 0. The van der Waals surface area contributed by atoms with Gasteiger partial charge in [0.25, 0.3) is 0 Å². The zero-order valence-corrected chi connectivity index (χ0v) is 6.27. The smallest absolute Gasteiger partial charge is 0.102 e. The molecule has 0 saturated carbocycles. The van der Waals surface area contributed by atoms with Gasteiger partial charge in [0.1, 0.15) is 6.23 Å². The molecular weight excluding hydrogens is 140 g/mol. The highest BCUT2D eigenvalue weighted by molar-refractivity contribution is 5.09. The van der Waals surface area contributed by atoms with Crippen molar-refractivity contribution in [2.45, 2.75) is 19.1 Å². The lowest BCUT2D eigenvalue weighted by Crippen LogP contribution is -2.19. The SMILES string of the molecule is NC(O)CCc1ccncc1. The minimum atomic E-state index is -0.705. The van der Waals surface area contributed by atoms with Crippen molar-refractivity contribution in [2.24, 2.45) is 5.73 Å². The molecule has 11 heavy (non-hydrogen) atoms. The summed E-state index contributed by atoms with van der Waals surface area (Å²) in [5, 5.41) is 8.78. The van der Waals surface area contributed by atoms with E-state index in [2.05, 4.69) is 4.98 Å². The number of aromatic nitrogens is 1. The quantitative estimate of drug-likeness (QED) is 0.612. The zero-order valence-electron chi connectivity index (χ0n) is 6.27. The highest BCUT2D eigenvalue weighted by atomic mass is 16.3. The number of aliphatic hydroxyl groups is 1. The van der Waals surface area contributed by atoms with Gasteiger partial charge in [0.05, 0.1) is 0 Å². The first-order valence-electron chi connectivity index (χ1n) is 3.61. The van der Waals surface area contributed by atoms with Gasteiger partial charge in [0.15, 0.2) is 0 Å². The number of rotatable bonds is 3. The third kappa shape index (κ3) is 3.11. The summed E-state index contributed by atoms with van der Waals surface area (Å²) in [6.07, 6.45) is 4.17. The molecule has 3 heteroatoms. The number of nitrogens with two attached hydrogens (primary N) is 1. The van der Waals surface area contributed by atoms with Crippen LogP contribution >= 0.6 is 0 Å². The van der Waals surface area contributed by atoms with E-state index in [0.29, 0.717) is 6.42 Å². The molecule has 0 spiro atoms. The molecule has 3 N–H and O–H groups in total. The Balaban J connectivity index is 2.39. The van der Waals surface area contributed by atoms with E-state index in [1.54, 1.807) is 12.4 Å². The van der Waals surface area contributed by atoms with Gasteiger partial charge in [-0.15, -0.1) is 0 Å². The van der Waals surface area contributed by atoms with Crippen molar-refractivity contribution in [3.05, 3.63) is 30.1 Å². The molecule has 1 aromatic rings. The highest BCUT2D eigenvalue weighted by Gasteiger charge is 1.96. The second-order valence-corrected chi connectivity index (χ2v) is 2.46. The summed E-state index contributed by atoms with van der Waals surface area (Å²) in [5.41, 5.74) is 6.34. The molecule has 0 aliphatic carbocycles. The normalized spacial score (nSPS) is 12.9. The van der Waals surface area contributed by atoms with Crippen LogP contribution in [0.5, 0.6) is 0 Å². The van der Waals surface area contributed by atoms with Crippen LogP contribution < -0.4 is 5.73 Å². The zero-order chi connectivity index (χ0) is 8.10. The molecule has 60 valence electrons. The number of aryl methyl sites for hydroxylation is 1. The molecule has 0 bridgehead atoms. The predicted molar refractivity (Wildman–Crippen MR) is 42.8 cm³/mol. The third-order valence-corrected chi connectivity index (χ3v) is 1.48. The van der Waals surface area contributed by atoms with Crippen molar-refractivity contribution in [1.82, 2.24) is 4.98 Å². The van der Waals surface area contributed by atoms with Gasteiger partial charge in [0, 0.05) is 12.4 Å². The van der Waals surface area contributed by atoms with Crippen molar-refractivity contribution in [3.63, 3.8) is 0 Å². The van der Waals surface area contributed by atoms with E-state index in [4.69, 9.17) is 10.8 Å². The predicted octanol–water partition coefficient (Wildman–Crippen LogP) is 0.291. The summed E-state index contributed by atoms with van der Waals surface area (Å²) in [6.45, 7) is 0. The Labute approximate surface area is 65.9 Å². The number of nitrogens with zero attached hydrogens (tertiary/aromatic N) is 1. The van der Waals surface area contributed by atoms with Crippen LogP contribution in [0.2, 0.25) is 0 Å². The Hall–Kier alpha value is -0.930. The van der Waals surface area contributed by atoms with Gasteiger partial charge in [-0.25, -0.2) is 0 Å². The van der Waals surface area contributed by atoms with E-state index in [1.165, 1.54) is 0 Å². The van der Waals surface area contributed by atoms with Crippen LogP contribution in [0, 0.1) is 0 Å². The summed E-state index contributed by atoms with van der Waals surface area (Å²) in [6, 6.07) is 3.84. The summed E-state index contributed by atoms with van der Waals surface area (Å²) < 4.78 is 0. The molecular formula is C8H12N2O. The van der Waals surface area contributed by atoms with E-state index < -0.39 is 6.23 Å². The maximum atomic E-state index is 8.78. The van der Waals surface area contributed by atoms with E-state index in [1.807, 2.05) is 12.1 Å². The Kier molecular flexibility index (Phi) is 3.01. The van der Waals surface area contributed by atoms with Crippen LogP contribution in [0.15, 0.2) is 24.5 Å². The lowest BCUT2D eigenvalue weighted by atomic mass is 10.1. The maximum Gasteiger partial charge on any atom is 0.102 e. The summed E-state index contributed by atoms with van der Waals surface area (Å²) in [5.74, 6) is 0. The molecule has 0 amide bonds. The van der Waals surface area contributed by atoms with E-state index >= 15 is 0 Å². The molecule has 0 aliphatic heterocycles. The van der Waals surface area contributed by atoms with Crippen molar-refractivity contribution in [2.75, 3.05) is 0 Å². The molecule has 0 saturated heterocycles. The van der Waals surface area contributed by atoms with Crippen LogP contribution in [0.1, 0.15) is 12.0 Å². The lowest BCUT2D eigenvalue weighted by molar-refractivity contribution is 0.172. The van der Waals surface area contributed by atoms with Crippen molar-refractivity contribution in [3.8, 4) is 0 Å². The third-order valence-electron chi connectivity index (χ3n) is 1.48. The Bertz CT molecular complexity index is 199. The Morgan fingerprint density at radius 1 is 1.45 bits per heavy atom. The topological polar surface area (TPSA) is 59.1 Å². The summed E-state index contributed by atoms with van der Waals surface area (Å²) in [4.78, 5) is 3.88. The number of pyridine rings is 1. The highest BCUT2D eigenvalue weighted by Crippen LogP contribution is 2.00. The minimum Gasteiger partial charge on any atom is -0.379 e. The fourth-order valence-corrected chi connectivity index (χ4v) is 0.864. The average molecular weight is 152 g/mol. The number of hydrogen-bond acceptors (Lipinski definition) is 3. The van der Waals surface area contributed by atoms with E-state index in [9.17, 15) is 0 Å². The molecule has 1 aromatic heterocycles. The second kappa shape index (κ2) is 4.05. The van der Waals surface area contributed by atoms with Gasteiger partial charge in [-0.2, -0.15) is 0 Å². The van der Waals surface area contributed by atoms with Gasteiger partial charge >= 0.3 is 0 Å². The molecule has 0 fully saturated rings. The molecule has 0 aromatic carbocycles. The maximum absolute atomic E-state index is 8.78. The van der Waals surface area contributed by atoms with E-state index in [0.717, 1.165) is 12.0 Å². The van der Waals surface area contributed by atoms with Gasteiger partial charge in [-0.05, 0) is 30.5 Å². The number of aliphatic hydroxyl groups excluding tert-OH is 1. The fraction of sp³-hybridized carbons (Fsp3) is 0.375. The van der Waals surface area contributed by atoms with Crippen LogP contribution in [-0.2, 0) is 6.42 Å². The van der Waals surface area contributed by atoms with Crippen molar-refractivity contribution >= 4 is 0 Å². The minimum absolute atomic E-state index is 0.601. The molecule has 1 heterocycles. The number of hydrogen-bond donors (Lipinski definition) is 2. The average Bonchev–Trinajstić information content (AvgIpc) is 2.03. The molecule has 1 atom stereocenters. The van der Waals surface area contributed by atoms with Gasteiger partial charge < -0.3 is 10.8 Å². The van der Waals surface area contributed by atoms with Crippen LogP contribution in [0.4, 0.5) is 0 Å². The second-order valence-electron chi connectivity index (χ2n) is 2.46. The first kappa shape index (κ1) is 8.17. The van der Waals surface area contributed by atoms with Gasteiger partial charge in [0.2, 0.25) is 0 Å². The Morgan fingerprint density at radius 2 is 2.09 bits per heavy atom. The molecule has 1 rings (SSSR count). The van der Waals surface area contributed by atoms with Crippen LogP contribution in [-0.4, -0.2) is 16.3 Å². The van der Waals surface area contributed by atoms with Crippen molar-refractivity contribution in [1.29, 1.82) is 0 Å². The van der Waals surface area contributed by atoms with Gasteiger partial charge in [-0.1, -0.05) is 0 Å². The van der Waals surface area contributed by atoms with Crippen LogP contribution in [0.3, 0.4) is 0 Å².